The molecule has 126 valence electrons. The molecule has 0 amide bonds. The van der Waals surface area contributed by atoms with E-state index < -0.39 is 11.4 Å². The van der Waals surface area contributed by atoms with Gasteiger partial charge in [-0.15, -0.1) is 0 Å². The molecule has 0 atom stereocenters. The number of benzene rings is 2. The van der Waals surface area contributed by atoms with Gasteiger partial charge in [-0.2, -0.15) is 0 Å². The Morgan fingerprint density at radius 3 is 2.20 bits per heavy atom. The van der Waals surface area contributed by atoms with Crippen LogP contribution < -0.4 is 5.32 Å². The molecule has 0 aliphatic heterocycles. The second-order valence-corrected chi connectivity index (χ2v) is 6.41. The van der Waals surface area contributed by atoms with Gasteiger partial charge >= 0.3 is 5.97 Å². The Hall–Kier alpha value is -3.08. The van der Waals surface area contributed by atoms with Crippen molar-refractivity contribution in [1.82, 2.24) is 9.55 Å². The van der Waals surface area contributed by atoms with Gasteiger partial charge in [0, 0.05) is 12.7 Å². The van der Waals surface area contributed by atoms with Crippen molar-refractivity contribution < 1.29 is 9.90 Å². The summed E-state index contributed by atoms with van der Waals surface area (Å²) in [7, 11) is 1.87. The summed E-state index contributed by atoms with van der Waals surface area (Å²) in [5.41, 5.74) is 3.47. The summed E-state index contributed by atoms with van der Waals surface area (Å²) in [4.78, 5) is 15.6. The van der Waals surface area contributed by atoms with Crippen molar-refractivity contribution in [3.05, 3.63) is 66.6 Å². The minimum Gasteiger partial charge on any atom is -0.481 e. The number of aliphatic carboxylic acids is 1. The Morgan fingerprint density at radius 2 is 1.68 bits per heavy atom. The zero-order valence-electron chi connectivity index (χ0n) is 13.9. The first-order chi connectivity index (χ1) is 12.1. The van der Waals surface area contributed by atoms with Crippen LogP contribution in [0.5, 0.6) is 0 Å². The normalized spacial score (nSPS) is 14.9. The lowest BCUT2D eigenvalue weighted by Gasteiger charge is -2.12. The molecule has 0 bridgehead atoms. The molecule has 4 rings (SSSR count). The molecular weight excluding hydrogens is 314 g/mol. The molecule has 1 aliphatic carbocycles. The van der Waals surface area contributed by atoms with E-state index in [2.05, 4.69) is 22.4 Å². The molecule has 25 heavy (non-hydrogen) atoms. The van der Waals surface area contributed by atoms with Gasteiger partial charge in [0.25, 0.3) is 0 Å². The third kappa shape index (κ3) is 2.58. The highest BCUT2D eigenvalue weighted by Crippen LogP contribution is 2.48. The molecule has 1 saturated carbocycles. The lowest BCUT2D eigenvalue weighted by atomic mass is 9.94. The first-order valence-corrected chi connectivity index (χ1v) is 8.29. The first-order valence-electron chi connectivity index (χ1n) is 8.29. The number of nitrogens with one attached hydrogen (secondary N) is 1. The smallest absolute Gasteiger partial charge is 0.314 e. The minimum absolute atomic E-state index is 0.645. The monoisotopic (exact) mass is 333 g/mol. The van der Waals surface area contributed by atoms with Gasteiger partial charge in [0.1, 0.15) is 12.1 Å². The predicted octanol–water partition coefficient (Wildman–Crippen LogP) is 3.70. The summed E-state index contributed by atoms with van der Waals surface area (Å²) < 4.78 is 1.98. The van der Waals surface area contributed by atoms with Crippen molar-refractivity contribution in [2.24, 2.45) is 0 Å². The molecule has 2 aromatic carbocycles. The molecule has 1 fully saturated rings. The van der Waals surface area contributed by atoms with Crippen molar-refractivity contribution in [3.63, 3.8) is 0 Å². The van der Waals surface area contributed by atoms with Crippen LogP contribution >= 0.6 is 0 Å². The second kappa shape index (κ2) is 5.77. The molecule has 1 aliphatic rings. The molecule has 1 aromatic heterocycles. The van der Waals surface area contributed by atoms with Crippen LogP contribution in [-0.2, 0) is 10.2 Å². The Bertz CT molecular complexity index is 907. The lowest BCUT2D eigenvalue weighted by Crippen LogP contribution is -2.19. The van der Waals surface area contributed by atoms with Gasteiger partial charge in [-0.25, -0.2) is 4.98 Å². The number of nitrogens with zero attached hydrogens (tertiary/aromatic N) is 2. The van der Waals surface area contributed by atoms with E-state index in [1.807, 2.05) is 48.0 Å². The van der Waals surface area contributed by atoms with Crippen molar-refractivity contribution >= 4 is 11.8 Å². The first kappa shape index (κ1) is 15.4. The van der Waals surface area contributed by atoms with Gasteiger partial charge in [0.2, 0.25) is 0 Å². The van der Waals surface area contributed by atoms with E-state index in [4.69, 9.17) is 0 Å². The van der Waals surface area contributed by atoms with Gasteiger partial charge in [-0.05, 0) is 41.7 Å². The maximum Gasteiger partial charge on any atom is 0.314 e. The van der Waals surface area contributed by atoms with Crippen LogP contribution in [0.15, 0.2) is 61.1 Å². The van der Waals surface area contributed by atoms with Crippen LogP contribution in [0, 0.1) is 0 Å². The molecule has 0 radical (unpaired) electrons. The van der Waals surface area contributed by atoms with Crippen molar-refractivity contribution in [3.8, 4) is 16.8 Å². The largest absolute Gasteiger partial charge is 0.481 e. The van der Waals surface area contributed by atoms with Crippen LogP contribution in [0.3, 0.4) is 0 Å². The minimum atomic E-state index is -0.717. The van der Waals surface area contributed by atoms with Gasteiger partial charge in [-0.1, -0.05) is 36.4 Å². The van der Waals surface area contributed by atoms with Gasteiger partial charge in [0.05, 0.1) is 11.6 Å². The maximum absolute atomic E-state index is 11.4. The van der Waals surface area contributed by atoms with E-state index in [9.17, 15) is 9.90 Å². The van der Waals surface area contributed by atoms with Gasteiger partial charge in [0.15, 0.2) is 0 Å². The summed E-state index contributed by atoms with van der Waals surface area (Å²) in [5, 5.41) is 12.5. The van der Waals surface area contributed by atoms with E-state index in [-0.39, 0.29) is 0 Å². The number of imidazole rings is 1. The average molecular weight is 333 g/mol. The van der Waals surface area contributed by atoms with Gasteiger partial charge < -0.3 is 10.4 Å². The standard InChI is InChI=1S/C20H19N3O2/c1-21-18-12-22-13-23(18)17-8-4-15(5-9-17)14-2-6-16(7-3-14)20(10-11-20)19(24)25/h2-9,12-13,21H,10-11H2,1H3,(H,24,25). The van der Waals surface area contributed by atoms with Crippen LogP contribution in [0.1, 0.15) is 18.4 Å². The number of anilines is 1. The molecule has 0 unspecified atom stereocenters. The summed E-state index contributed by atoms with van der Waals surface area (Å²) in [6.07, 6.45) is 5.02. The van der Waals surface area contributed by atoms with E-state index in [0.29, 0.717) is 0 Å². The van der Waals surface area contributed by atoms with E-state index in [1.165, 1.54) is 0 Å². The van der Waals surface area contributed by atoms with E-state index in [0.717, 1.165) is 41.0 Å². The number of aromatic nitrogens is 2. The van der Waals surface area contributed by atoms with E-state index in [1.54, 1.807) is 12.5 Å². The van der Waals surface area contributed by atoms with Crippen LogP contribution in [0.25, 0.3) is 16.8 Å². The summed E-state index contributed by atoms with van der Waals surface area (Å²) >= 11 is 0. The molecule has 0 spiro atoms. The zero-order valence-corrected chi connectivity index (χ0v) is 13.9. The number of hydrogen-bond acceptors (Lipinski definition) is 3. The molecular formula is C20H19N3O2. The molecule has 0 saturated heterocycles. The average Bonchev–Trinajstić information content (AvgIpc) is 3.33. The topological polar surface area (TPSA) is 67.2 Å². The van der Waals surface area contributed by atoms with Crippen molar-refractivity contribution in [2.75, 3.05) is 12.4 Å². The predicted molar refractivity (Wildman–Crippen MR) is 97.1 cm³/mol. The fourth-order valence-corrected chi connectivity index (χ4v) is 3.23. The zero-order chi connectivity index (χ0) is 17.4. The Balaban J connectivity index is 1.59. The fourth-order valence-electron chi connectivity index (χ4n) is 3.23. The highest BCUT2D eigenvalue weighted by Gasteiger charge is 2.51. The third-order valence-electron chi connectivity index (χ3n) is 4.97. The molecule has 2 N–H and O–H groups in total. The molecule has 3 aromatic rings. The van der Waals surface area contributed by atoms with E-state index >= 15 is 0 Å². The van der Waals surface area contributed by atoms with Crippen LogP contribution in [0.4, 0.5) is 5.82 Å². The SMILES string of the molecule is CNc1cncn1-c1ccc(-c2ccc(C3(C(=O)O)CC3)cc2)cc1. The number of carbonyl (C=O) groups is 1. The van der Waals surface area contributed by atoms with Crippen LogP contribution in [-0.4, -0.2) is 27.7 Å². The highest BCUT2D eigenvalue weighted by molar-refractivity contribution is 5.85. The highest BCUT2D eigenvalue weighted by atomic mass is 16.4. The summed E-state index contributed by atoms with van der Waals surface area (Å²) in [5.74, 6) is 0.214. The second-order valence-electron chi connectivity index (χ2n) is 6.41. The number of carboxylic acid groups (broad SMARTS) is 1. The van der Waals surface area contributed by atoms with Gasteiger partial charge in [-0.3, -0.25) is 9.36 Å². The fraction of sp³-hybridized carbons (Fsp3) is 0.200. The summed E-state index contributed by atoms with van der Waals surface area (Å²) in [6, 6.07) is 16.1. The molecule has 5 nitrogen and oxygen atoms in total. The molecule has 1 heterocycles. The quantitative estimate of drug-likeness (QED) is 0.747. The Morgan fingerprint density at radius 1 is 1.08 bits per heavy atom. The number of carboxylic acids is 1. The number of rotatable bonds is 5. The maximum atomic E-state index is 11.4. The van der Waals surface area contributed by atoms with Crippen molar-refractivity contribution in [1.29, 1.82) is 0 Å². The lowest BCUT2D eigenvalue weighted by molar-refractivity contribution is -0.140. The Kier molecular flexibility index (Phi) is 3.57. The third-order valence-corrected chi connectivity index (χ3v) is 4.97. The van der Waals surface area contributed by atoms with Crippen LogP contribution in [0.2, 0.25) is 0 Å². The van der Waals surface area contributed by atoms with Crippen molar-refractivity contribution in [2.45, 2.75) is 18.3 Å². The number of hydrogen-bond donors (Lipinski definition) is 2. The molecule has 5 heteroatoms. The summed E-state index contributed by atoms with van der Waals surface area (Å²) in [6.45, 7) is 0. The Labute approximate surface area is 146 Å².